The van der Waals surface area contributed by atoms with E-state index in [0.29, 0.717) is 6.79 Å². The lowest BCUT2D eigenvalue weighted by Gasteiger charge is -2.27. The van der Waals surface area contributed by atoms with Crippen molar-refractivity contribution in [1.82, 2.24) is 0 Å². The van der Waals surface area contributed by atoms with Gasteiger partial charge in [0.2, 0.25) is 0 Å². The summed E-state index contributed by atoms with van der Waals surface area (Å²) in [6, 6.07) is 17.0. The Kier molecular flexibility index (Phi) is 3.13. The van der Waals surface area contributed by atoms with E-state index in [-0.39, 0.29) is 6.10 Å². The van der Waals surface area contributed by atoms with Gasteiger partial charge in [-0.25, -0.2) is 0 Å². The van der Waals surface area contributed by atoms with Gasteiger partial charge in [-0.1, -0.05) is 48.5 Å². The van der Waals surface area contributed by atoms with Gasteiger partial charge >= 0.3 is 0 Å². The maximum atomic E-state index is 5.79. The SMILES string of the molecule is COCOC1Cc2ccccc2-c2ccccc21. The van der Waals surface area contributed by atoms with Crippen LogP contribution < -0.4 is 0 Å². The summed E-state index contributed by atoms with van der Waals surface area (Å²) in [7, 11) is 1.66. The molecule has 0 fully saturated rings. The Hall–Kier alpha value is -1.64. The van der Waals surface area contributed by atoms with Gasteiger partial charge in [0, 0.05) is 13.5 Å². The van der Waals surface area contributed by atoms with Gasteiger partial charge in [0.05, 0.1) is 6.10 Å². The minimum Gasteiger partial charge on any atom is -0.359 e. The molecule has 2 aromatic carbocycles. The standard InChI is InChI=1S/C16H16O2/c1-17-11-18-16-10-12-6-2-3-7-13(12)14-8-4-5-9-15(14)16/h2-9,16H,10-11H2,1H3. The summed E-state index contributed by atoms with van der Waals surface area (Å²) < 4.78 is 10.8. The highest BCUT2D eigenvalue weighted by atomic mass is 16.7. The molecule has 3 rings (SSSR count). The van der Waals surface area contributed by atoms with Crippen LogP contribution in [-0.2, 0) is 15.9 Å². The van der Waals surface area contributed by atoms with Crippen molar-refractivity contribution in [3.05, 3.63) is 59.7 Å². The third-order valence-corrected chi connectivity index (χ3v) is 3.41. The van der Waals surface area contributed by atoms with Crippen LogP contribution in [0.15, 0.2) is 48.5 Å². The first-order chi connectivity index (χ1) is 8.90. The number of hydrogen-bond donors (Lipinski definition) is 0. The van der Waals surface area contributed by atoms with Crippen LogP contribution in [0.2, 0.25) is 0 Å². The van der Waals surface area contributed by atoms with E-state index in [9.17, 15) is 0 Å². The van der Waals surface area contributed by atoms with E-state index >= 15 is 0 Å². The summed E-state index contributed by atoms with van der Waals surface area (Å²) in [6.07, 6.45) is 1.01. The normalized spacial score (nSPS) is 17.1. The molecule has 0 N–H and O–H groups in total. The van der Waals surface area contributed by atoms with E-state index in [4.69, 9.17) is 9.47 Å². The Bertz CT molecular complexity index is 548. The van der Waals surface area contributed by atoms with Crippen LogP contribution in [0.1, 0.15) is 17.2 Å². The first-order valence-electron chi connectivity index (χ1n) is 6.18. The molecule has 1 aliphatic carbocycles. The van der Waals surface area contributed by atoms with Gasteiger partial charge in [0.1, 0.15) is 6.79 Å². The highest BCUT2D eigenvalue weighted by Gasteiger charge is 2.24. The second kappa shape index (κ2) is 4.92. The Morgan fingerprint density at radius 3 is 2.56 bits per heavy atom. The summed E-state index contributed by atoms with van der Waals surface area (Å²) in [5.41, 5.74) is 5.20. The quantitative estimate of drug-likeness (QED) is 0.763. The summed E-state index contributed by atoms with van der Waals surface area (Å²) in [6.45, 7) is 0.334. The van der Waals surface area contributed by atoms with Crippen molar-refractivity contribution in [3.8, 4) is 11.1 Å². The number of ether oxygens (including phenoxy) is 2. The van der Waals surface area contributed by atoms with E-state index in [2.05, 4.69) is 48.5 Å². The molecule has 2 aromatic rings. The molecule has 0 aromatic heterocycles. The van der Waals surface area contributed by atoms with Crippen LogP contribution in [0, 0.1) is 0 Å². The van der Waals surface area contributed by atoms with Crippen molar-refractivity contribution in [2.75, 3.05) is 13.9 Å². The molecule has 0 saturated carbocycles. The maximum Gasteiger partial charge on any atom is 0.147 e. The summed E-state index contributed by atoms with van der Waals surface area (Å²) in [5.74, 6) is 0. The largest absolute Gasteiger partial charge is 0.359 e. The van der Waals surface area contributed by atoms with Gasteiger partial charge in [0.25, 0.3) is 0 Å². The number of rotatable bonds is 3. The Morgan fingerprint density at radius 1 is 1.00 bits per heavy atom. The van der Waals surface area contributed by atoms with Crippen molar-refractivity contribution in [2.45, 2.75) is 12.5 Å². The third kappa shape index (κ3) is 1.94. The molecule has 2 nitrogen and oxygen atoms in total. The Balaban J connectivity index is 2.05. The van der Waals surface area contributed by atoms with Crippen LogP contribution in [0.25, 0.3) is 11.1 Å². The molecule has 0 radical (unpaired) electrons. The second-order valence-electron chi connectivity index (χ2n) is 4.51. The molecule has 0 bridgehead atoms. The fourth-order valence-corrected chi connectivity index (χ4v) is 2.59. The highest BCUT2D eigenvalue weighted by molar-refractivity contribution is 5.73. The molecule has 0 aliphatic heterocycles. The van der Waals surface area contributed by atoms with Gasteiger partial charge in [-0.2, -0.15) is 0 Å². The van der Waals surface area contributed by atoms with Crippen LogP contribution in [0.3, 0.4) is 0 Å². The summed E-state index contributed by atoms with van der Waals surface area (Å²) >= 11 is 0. The molecule has 1 unspecified atom stereocenters. The zero-order valence-corrected chi connectivity index (χ0v) is 10.4. The van der Waals surface area contributed by atoms with Gasteiger partial charge in [0.15, 0.2) is 0 Å². The molecular formula is C16H16O2. The van der Waals surface area contributed by atoms with Crippen molar-refractivity contribution >= 4 is 0 Å². The van der Waals surface area contributed by atoms with Crippen LogP contribution in [0.4, 0.5) is 0 Å². The summed E-state index contributed by atoms with van der Waals surface area (Å²) in [5, 5.41) is 0. The van der Waals surface area contributed by atoms with E-state index in [1.807, 2.05) is 0 Å². The van der Waals surface area contributed by atoms with E-state index in [0.717, 1.165) is 6.42 Å². The molecule has 2 heteroatoms. The van der Waals surface area contributed by atoms with Gasteiger partial charge in [-0.15, -0.1) is 0 Å². The van der Waals surface area contributed by atoms with Crippen molar-refractivity contribution in [2.24, 2.45) is 0 Å². The van der Waals surface area contributed by atoms with Gasteiger partial charge < -0.3 is 9.47 Å². The first-order valence-corrected chi connectivity index (χ1v) is 6.18. The minimum absolute atomic E-state index is 0.0936. The predicted molar refractivity (Wildman–Crippen MR) is 71.3 cm³/mol. The number of hydrogen-bond acceptors (Lipinski definition) is 2. The fraction of sp³-hybridized carbons (Fsp3) is 0.250. The van der Waals surface area contributed by atoms with Gasteiger partial charge in [-0.05, 0) is 22.3 Å². The van der Waals surface area contributed by atoms with Crippen molar-refractivity contribution in [3.63, 3.8) is 0 Å². The average molecular weight is 240 g/mol. The monoisotopic (exact) mass is 240 g/mol. The third-order valence-electron chi connectivity index (χ3n) is 3.41. The lowest BCUT2D eigenvalue weighted by molar-refractivity contribution is -0.0732. The number of methoxy groups -OCH3 is 1. The molecule has 92 valence electrons. The fourth-order valence-electron chi connectivity index (χ4n) is 2.59. The minimum atomic E-state index is 0.0936. The van der Waals surface area contributed by atoms with Crippen LogP contribution in [0.5, 0.6) is 0 Å². The molecule has 0 saturated heterocycles. The molecule has 1 atom stereocenters. The Morgan fingerprint density at radius 2 is 1.72 bits per heavy atom. The lowest BCUT2D eigenvalue weighted by Crippen LogP contribution is -2.15. The molecule has 0 spiro atoms. The topological polar surface area (TPSA) is 18.5 Å². The molecule has 18 heavy (non-hydrogen) atoms. The maximum absolute atomic E-state index is 5.79. The lowest BCUT2D eigenvalue weighted by atomic mass is 9.84. The van der Waals surface area contributed by atoms with Gasteiger partial charge in [-0.3, -0.25) is 0 Å². The zero-order valence-electron chi connectivity index (χ0n) is 10.4. The Labute approximate surface area is 107 Å². The molecule has 1 aliphatic rings. The predicted octanol–water partition coefficient (Wildman–Crippen LogP) is 3.57. The van der Waals surface area contributed by atoms with E-state index in [1.165, 1.54) is 22.3 Å². The first kappa shape index (κ1) is 11.5. The number of benzene rings is 2. The molecular weight excluding hydrogens is 224 g/mol. The van der Waals surface area contributed by atoms with E-state index in [1.54, 1.807) is 7.11 Å². The van der Waals surface area contributed by atoms with E-state index < -0.39 is 0 Å². The van der Waals surface area contributed by atoms with Crippen molar-refractivity contribution < 1.29 is 9.47 Å². The number of fused-ring (bicyclic) bond motifs is 3. The highest BCUT2D eigenvalue weighted by Crippen LogP contribution is 2.39. The zero-order chi connectivity index (χ0) is 12.4. The molecule has 0 amide bonds. The second-order valence-corrected chi connectivity index (χ2v) is 4.51. The molecule has 0 heterocycles. The smallest absolute Gasteiger partial charge is 0.147 e. The van der Waals surface area contributed by atoms with Crippen LogP contribution in [-0.4, -0.2) is 13.9 Å². The average Bonchev–Trinajstić information content (AvgIpc) is 2.45. The summed E-state index contributed by atoms with van der Waals surface area (Å²) in [4.78, 5) is 0. The van der Waals surface area contributed by atoms with Crippen LogP contribution >= 0.6 is 0 Å². The van der Waals surface area contributed by atoms with Crippen molar-refractivity contribution in [1.29, 1.82) is 0 Å².